The minimum absolute atomic E-state index is 0.0946. The zero-order valence-electron chi connectivity index (χ0n) is 18.2. The van der Waals surface area contributed by atoms with E-state index in [1.54, 1.807) is 19.2 Å². The fourth-order valence-electron chi connectivity index (χ4n) is 2.37. The van der Waals surface area contributed by atoms with Gasteiger partial charge >= 0.3 is 6.09 Å². The highest BCUT2D eigenvalue weighted by Crippen LogP contribution is 2.20. The van der Waals surface area contributed by atoms with Crippen molar-refractivity contribution in [2.24, 2.45) is 11.1 Å². The van der Waals surface area contributed by atoms with Gasteiger partial charge in [0.1, 0.15) is 6.10 Å². The van der Waals surface area contributed by atoms with Crippen LogP contribution in [0, 0.1) is 17.3 Å². The van der Waals surface area contributed by atoms with E-state index in [9.17, 15) is 9.59 Å². The zero-order valence-corrected chi connectivity index (χ0v) is 18.2. The Morgan fingerprint density at radius 3 is 2.46 bits per heavy atom. The first-order valence-electron chi connectivity index (χ1n) is 9.87. The minimum Gasteiger partial charge on any atom is -0.445 e. The van der Waals surface area contributed by atoms with Crippen LogP contribution in [0.25, 0.3) is 0 Å². The summed E-state index contributed by atoms with van der Waals surface area (Å²) in [6, 6.07) is -0.120. The first-order valence-corrected chi connectivity index (χ1v) is 9.87. The average Bonchev–Trinajstić information content (AvgIpc) is 2.59. The number of hydrogen-bond acceptors (Lipinski definition) is 5. The summed E-state index contributed by atoms with van der Waals surface area (Å²) in [5.74, 6) is 5.63. The lowest BCUT2D eigenvalue weighted by Gasteiger charge is -2.31. The van der Waals surface area contributed by atoms with Crippen molar-refractivity contribution in [2.45, 2.75) is 79.0 Å². The molecular weight excluding hydrogens is 356 g/mol. The van der Waals surface area contributed by atoms with E-state index in [2.05, 4.69) is 27.8 Å². The van der Waals surface area contributed by atoms with Crippen LogP contribution in [0.1, 0.15) is 60.8 Å². The second kappa shape index (κ2) is 14.0. The highest BCUT2D eigenvalue weighted by Gasteiger charge is 2.31. The van der Waals surface area contributed by atoms with E-state index >= 15 is 0 Å². The smallest absolute Gasteiger partial charge is 0.407 e. The number of carbonyl (C=O) groups excluding carboxylic acids is 2. The standard InChI is InChI=1S/C21H38N4O3/c1-7-8-11-17(28-20(27)24-15-10-13-22)12-9-14-23-19(26)18(21(4,5)6)25-16(2)3/h9,14,16-18,25H,10-13,15,22H2,1-6H3,(H,23,26)(H,24,27)/b14-9-/t17-,18+/m0/s1. The summed E-state index contributed by atoms with van der Waals surface area (Å²) in [5.41, 5.74) is 5.19. The molecule has 2 atom stereocenters. The monoisotopic (exact) mass is 394 g/mol. The molecule has 0 aromatic rings. The molecule has 0 saturated carbocycles. The van der Waals surface area contributed by atoms with Gasteiger partial charge in [0, 0.05) is 25.4 Å². The van der Waals surface area contributed by atoms with Crippen molar-refractivity contribution in [3.63, 3.8) is 0 Å². The third-order valence-corrected chi connectivity index (χ3v) is 3.80. The van der Waals surface area contributed by atoms with Crippen LogP contribution in [0.3, 0.4) is 0 Å². The summed E-state index contributed by atoms with van der Waals surface area (Å²) in [6.07, 6.45) is 4.09. The van der Waals surface area contributed by atoms with Crippen molar-refractivity contribution in [1.29, 1.82) is 0 Å². The lowest BCUT2D eigenvalue weighted by atomic mass is 9.85. The molecule has 7 heteroatoms. The maximum atomic E-state index is 12.5. The maximum Gasteiger partial charge on any atom is 0.407 e. The van der Waals surface area contributed by atoms with Crippen LogP contribution < -0.4 is 21.7 Å². The maximum absolute atomic E-state index is 12.5. The summed E-state index contributed by atoms with van der Waals surface area (Å²) in [7, 11) is 0. The zero-order chi connectivity index (χ0) is 21.6. The molecular formula is C21H38N4O3. The van der Waals surface area contributed by atoms with E-state index in [-0.39, 0.29) is 29.5 Å². The quantitative estimate of drug-likeness (QED) is 0.318. The van der Waals surface area contributed by atoms with Crippen LogP contribution in [0.2, 0.25) is 0 Å². The van der Waals surface area contributed by atoms with Crippen LogP contribution in [0.4, 0.5) is 4.79 Å². The molecule has 0 rings (SSSR count). The summed E-state index contributed by atoms with van der Waals surface area (Å²) in [4.78, 5) is 24.3. The van der Waals surface area contributed by atoms with Crippen LogP contribution in [0.5, 0.6) is 0 Å². The highest BCUT2D eigenvalue weighted by atomic mass is 16.6. The topological polar surface area (TPSA) is 105 Å². The molecule has 0 fully saturated rings. The summed E-state index contributed by atoms with van der Waals surface area (Å²) >= 11 is 0. The molecule has 0 aliphatic carbocycles. The second-order valence-corrected chi connectivity index (χ2v) is 7.99. The van der Waals surface area contributed by atoms with Gasteiger partial charge in [-0.05, 0) is 31.5 Å². The molecule has 28 heavy (non-hydrogen) atoms. The van der Waals surface area contributed by atoms with Gasteiger partial charge in [-0.2, -0.15) is 0 Å². The molecule has 5 N–H and O–H groups in total. The molecule has 0 heterocycles. The molecule has 0 aliphatic heterocycles. The van der Waals surface area contributed by atoms with Gasteiger partial charge in [-0.15, -0.1) is 5.92 Å². The third-order valence-electron chi connectivity index (χ3n) is 3.80. The van der Waals surface area contributed by atoms with Crippen molar-refractivity contribution in [3.8, 4) is 11.8 Å². The largest absolute Gasteiger partial charge is 0.445 e. The van der Waals surface area contributed by atoms with Gasteiger partial charge in [0.15, 0.2) is 0 Å². The average molecular weight is 395 g/mol. The number of alkyl carbamates (subject to hydrolysis) is 1. The molecule has 2 amide bonds. The molecule has 0 bridgehead atoms. The van der Waals surface area contributed by atoms with E-state index < -0.39 is 6.09 Å². The highest BCUT2D eigenvalue weighted by molar-refractivity contribution is 5.83. The number of rotatable bonds is 11. The van der Waals surface area contributed by atoms with Gasteiger partial charge in [0.2, 0.25) is 5.91 Å². The second-order valence-electron chi connectivity index (χ2n) is 7.99. The molecule has 7 nitrogen and oxygen atoms in total. The van der Waals surface area contributed by atoms with E-state index in [1.165, 1.54) is 0 Å². The van der Waals surface area contributed by atoms with E-state index in [0.717, 1.165) is 0 Å². The number of carbonyl (C=O) groups is 2. The third kappa shape index (κ3) is 12.4. The van der Waals surface area contributed by atoms with Gasteiger partial charge in [0.05, 0.1) is 6.04 Å². The number of hydrogen-bond donors (Lipinski definition) is 4. The van der Waals surface area contributed by atoms with Crippen molar-refractivity contribution in [3.05, 3.63) is 12.3 Å². The Morgan fingerprint density at radius 1 is 1.25 bits per heavy atom. The summed E-state index contributed by atoms with van der Waals surface area (Å²) in [6.45, 7) is 12.8. The van der Waals surface area contributed by atoms with Crippen LogP contribution >= 0.6 is 0 Å². The fraction of sp³-hybridized carbons (Fsp3) is 0.714. The molecule has 0 aromatic heterocycles. The van der Waals surface area contributed by atoms with Crippen molar-refractivity contribution in [2.75, 3.05) is 13.1 Å². The van der Waals surface area contributed by atoms with Gasteiger partial charge in [-0.1, -0.05) is 46.6 Å². The van der Waals surface area contributed by atoms with Gasteiger partial charge in [-0.25, -0.2) is 4.79 Å². The van der Waals surface area contributed by atoms with Gasteiger partial charge in [0.25, 0.3) is 0 Å². The fourth-order valence-corrected chi connectivity index (χ4v) is 2.37. The first-order chi connectivity index (χ1) is 13.1. The molecule has 0 unspecified atom stereocenters. The number of amides is 2. The van der Waals surface area contributed by atoms with Crippen molar-refractivity contribution >= 4 is 12.0 Å². The molecule has 0 aliphatic rings. The van der Waals surface area contributed by atoms with Gasteiger partial charge in [-0.3, -0.25) is 4.79 Å². The Balaban J connectivity index is 4.68. The SMILES string of the molecule is CC#CC[C@@H](C/C=C\NC(=O)[C@@H](NC(C)C)C(C)(C)C)OC(=O)NCCCN. The minimum atomic E-state index is -0.484. The van der Waals surface area contributed by atoms with Crippen LogP contribution in [-0.2, 0) is 9.53 Å². The summed E-state index contributed by atoms with van der Waals surface area (Å²) in [5, 5.41) is 8.77. The Labute approximate surface area is 170 Å². The lowest BCUT2D eigenvalue weighted by Crippen LogP contribution is -2.52. The van der Waals surface area contributed by atoms with E-state index in [1.807, 2.05) is 34.6 Å². The van der Waals surface area contributed by atoms with Crippen molar-refractivity contribution < 1.29 is 14.3 Å². The van der Waals surface area contributed by atoms with E-state index in [0.29, 0.717) is 32.4 Å². The Hall–Kier alpha value is -2.04. The summed E-state index contributed by atoms with van der Waals surface area (Å²) < 4.78 is 5.39. The molecule has 0 spiro atoms. The predicted octanol–water partition coefficient (Wildman–Crippen LogP) is 2.28. The van der Waals surface area contributed by atoms with Crippen LogP contribution in [-0.4, -0.2) is 43.3 Å². The Morgan fingerprint density at radius 2 is 1.93 bits per heavy atom. The molecule has 0 aromatic carbocycles. The lowest BCUT2D eigenvalue weighted by molar-refractivity contribution is -0.124. The van der Waals surface area contributed by atoms with Gasteiger partial charge < -0.3 is 26.4 Å². The van der Waals surface area contributed by atoms with E-state index in [4.69, 9.17) is 10.5 Å². The first kappa shape index (κ1) is 26.0. The molecule has 160 valence electrons. The number of ether oxygens (including phenoxy) is 1. The number of nitrogens with one attached hydrogen (secondary N) is 3. The van der Waals surface area contributed by atoms with Crippen LogP contribution in [0.15, 0.2) is 12.3 Å². The number of nitrogens with two attached hydrogens (primary N) is 1. The predicted molar refractivity (Wildman–Crippen MR) is 113 cm³/mol. The Bertz CT molecular complexity index is 556. The normalized spacial score (nSPS) is 13.6. The molecule has 0 radical (unpaired) electrons. The Kier molecular flexibility index (Phi) is 13.0. The van der Waals surface area contributed by atoms with Crippen molar-refractivity contribution in [1.82, 2.24) is 16.0 Å². The molecule has 0 saturated heterocycles.